The Morgan fingerprint density at radius 1 is 1.25 bits per heavy atom. The summed E-state index contributed by atoms with van der Waals surface area (Å²) in [5.41, 5.74) is 0.889. The lowest BCUT2D eigenvalue weighted by Gasteiger charge is -2.32. The molecule has 1 aromatic carbocycles. The summed E-state index contributed by atoms with van der Waals surface area (Å²) >= 11 is 0. The largest absolute Gasteiger partial charge is 0.479 e. The summed E-state index contributed by atoms with van der Waals surface area (Å²) in [7, 11) is 3.33. The van der Waals surface area contributed by atoms with Gasteiger partial charge in [-0.2, -0.15) is 0 Å². The standard InChI is InChI=1S/C21H23N5O6/c1-22-18-13-7-8-26(19(13)24-11-23-18)21(30)25(2)14-5-3-4-6-15(14)31-17-10-12(27)9-16(32-17)20(28)29/h3-8,11-12,16-17,27H,9-10H2,1-2H3,(H,28,29)(H,22,23,24)/t12-,16-,17+/m0/s1. The number of nitrogens with zero attached hydrogens (tertiary/aromatic N) is 4. The number of hydrogen-bond donors (Lipinski definition) is 3. The number of aliphatic hydroxyl groups is 1. The molecule has 1 fully saturated rings. The van der Waals surface area contributed by atoms with Crippen molar-refractivity contribution in [2.24, 2.45) is 0 Å². The summed E-state index contributed by atoms with van der Waals surface area (Å²) < 4.78 is 12.7. The van der Waals surface area contributed by atoms with E-state index in [1.165, 1.54) is 15.8 Å². The number of carboxylic acid groups (broad SMARTS) is 1. The fourth-order valence-corrected chi connectivity index (χ4v) is 3.64. The number of fused-ring (bicyclic) bond motifs is 1. The van der Waals surface area contributed by atoms with Crippen LogP contribution in [0.15, 0.2) is 42.9 Å². The molecule has 0 aliphatic carbocycles. The van der Waals surface area contributed by atoms with Crippen LogP contribution >= 0.6 is 0 Å². The van der Waals surface area contributed by atoms with E-state index in [0.29, 0.717) is 28.3 Å². The van der Waals surface area contributed by atoms with Gasteiger partial charge in [-0.3, -0.25) is 9.47 Å². The number of para-hydroxylation sites is 2. The van der Waals surface area contributed by atoms with Crippen LogP contribution in [0.2, 0.25) is 0 Å². The summed E-state index contributed by atoms with van der Waals surface area (Å²) in [6, 6.07) is 8.18. The third-order valence-corrected chi connectivity index (χ3v) is 5.24. The van der Waals surface area contributed by atoms with E-state index in [9.17, 15) is 19.8 Å². The van der Waals surface area contributed by atoms with Gasteiger partial charge in [-0.25, -0.2) is 19.6 Å². The number of aliphatic hydroxyl groups excluding tert-OH is 1. The van der Waals surface area contributed by atoms with Crippen LogP contribution in [0.5, 0.6) is 5.75 Å². The highest BCUT2D eigenvalue weighted by Gasteiger charge is 2.34. The second-order valence-electron chi connectivity index (χ2n) is 7.34. The van der Waals surface area contributed by atoms with E-state index < -0.39 is 24.5 Å². The van der Waals surface area contributed by atoms with Crippen LogP contribution in [-0.4, -0.2) is 69.3 Å². The van der Waals surface area contributed by atoms with Crippen molar-refractivity contribution in [2.75, 3.05) is 24.3 Å². The molecule has 0 saturated carbocycles. The van der Waals surface area contributed by atoms with Crippen LogP contribution in [0.25, 0.3) is 11.0 Å². The zero-order chi connectivity index (χ0) is 22.8. The molecular formula is C21H23N5O6. The fraction of sp³-hybridized carbons (Fsp3) is 0.333. The van der Waals surface area contributed by atoms with Crippen molar-refractivity contribution in [3.05, 3.63) is 42.9 Å². The lowest BCUT2D eigenvalue weighted by atomic mass is 10.1. The summed E-state index contributed by atoms with van der Waals surface area (Å²) in [6.45, 7) is 0. The molecule has 3 N–H and O–H groups in total. The molecule has 32 heavy (non-hydrogen) atoms. The topological polar surface area (TPSA) is 139 Å². The predicted molar refractivity (Wildman–Crippen MR) is 115 cm³/mol. The molecular weight excluding hydrogens is 418 g/mol. The second-order valence-corrected chi connectivity index (χ2v) is 7.34. The zero-order valence-corrected chi connectivity index (χ0v) is 17.5. The van der Waals surface area contributed by atoms with Crippen molar-refractivity contribution < 1.29 is 29.3 Å². The van der Waals surface area contributed by atoms with Gasteiger partial charge in [-0.15, -0.1) is 0 Å². The lowest BCUT2D eigenvalue weighted by molar-refractivity contribution is -0.195. The van der Waals surface area contributed by atoms with Crippen LogP contribution in [0, 0.1) is 0 Å². The molecule has 3 aromatic rings. The number of carbonyl (C=O) groups excluding carboxylic acids is 1. The maximum Gasteiger partial charge on any atom is 0.334 e. The highest BCUT2D eigenvalue weighted by Crippen LogP contribution is 2.32. The molecule has 11 heteroatoms. The number of aliphatic carboxylic acids is 1. The Morgan fingerprint density at radius 3 is 2.78 bits per heavy atom. The van der Waals surface area contributed by atoms with E-state index in [0.717, 1.165) is 0 Å². The molecule has 1 aliphatic rings. The number of benzene rings is 1. The van der Waals surface area contributed by atoms with Gasteiger partial charge in [0.05, 0.1) is 17.2 Å². The van der Waals surface area contributed by atoms with Crippen molar-refractivity contribution >= 4 is 34.5 Å². The molecule has 1 aliphatic heterocycles. The Hall–Kier alpha value is -3.70. The first-order valence-electron chi connectivity index (χ1n) is 9.99. The van der Waals surface area contributed by atoms with Crippen LogP contribution in [0.1, 0.15) is 12.8 Å². The maximum absolute atomic E-state index is 13.3. The normalized spacial score (nSPS) is 20.7. The van der Waals surface area contributed by atoms with E-state index in [2.05, 4.69) is 15.3 Å². The van der Waals surface area contributed by atoms with Gasteiger partial charge in [0.2, 0.25) is 6.29 Å². The Bertz CT molecular complexity index is 1150. The third-order valence-electron chi connectivity index (χ3n) is 5.24. The number of anilines is 2. The number of nitrogens with one attached hydrogen (secondary N) is 1. The smallest absolute Gasteiger partial charge is 0.334 e. The Kier molecular flexibility index (Phi) is 5.93. The van der Waals surface area contributed by atoms with Gasteiger partial charge in [0.15, 0.2) is 11.8 Å². The van der Waals surface area contributed by atoms with E-state index in [1.807, 2.05) is 0 Å². The zero-order valence-electron chi connectivity index (χ0n) is 17.5. The van der Waals surface area contributed by atoms with Crippen molar-refractivity contribution in [2.45, 2.75) is 31.3 Å². The van der Waals surface area contributed by atoms with Crippen LogP contribution < -0.4 is 15.0 Å². The molecule has 11 nitrogen and oxygen atoms in total. The highest BCUT2D eigenvalue weighted by molar-refractivity contribution is 6.01. The number of aromatic nitrogens is 3. The SMILES string of the molecule is CNc1ncnc2c1ccn2C(=O)N(C)c1ccccc1O[C@H]1C[C@@H](O)C[C@@H](C(=O)O)O1. The minimum atomic E-state index is -1.17. The second kappa shape index (κ2) is 8.81. The molecule has 1 saturated heterocycles. The quantitative estimate of drug-likeness (QED) is 0.542. The van der Waals surface area contributed by atoms with Gasteiger partial charge < -0.3 is 25.0 Å². The van der Waals surface area contributed by atoms with Gasteiger partial charge in [-0.05, 0) is 18.2 Å². The monoisotopic (exact) mass is 441 g/mol. The average Bonchev–Trinajstić information content (AvgIpc) is 3.22. The molecule has 3 atom stereocenters. The molecule has 0 unspecified atom stereocenters. The first kappa shape index (κ1) is 21.5. The summed E-state index contributed by atoms with van der Waals surface area (Å²) in [5, 5.41) is 22.9. The minimum Gasteiger partial charge on any atom is -0.479 e. The van der Waals surface area contributed by atoms with Gasteiger partial charge in [0, 0.05) is 33.1 Å². The van der Waals surface area contributed by atoms with Gasteiger partial charge >= 0.3 is 12.0 Å². The molecule has 168 valence electrons. The molecule has 2 aromatic heterocycles. The summed E-state index contributed by atoms with van der Waals surface area (Å²) in [6.07, 6.45) is 0.0907. The Balaban J connectivity index is 1.60. The molecule has 0 radical (unpaired) electrons. The summed E-state index contributed by atoms with van der Waals surface area (Å²) in [4.78, 5) is 34.3. The molecule has 1 amide bonds. The highest BCUT2D eigenvalue weighted by atomic mass is 16.7. The van der Waals surface area contributed by atoms with Crippen LogP contribution in [-0.2, 0) is 9.53 Å². The van der Waals surface area contributed by atoms with Crippen molar-refractivity contribution in [3.63, 3.8) is 0 Å². The van der Waals surface area contributed by atoms with Crippen LogP contribution in [0.3, 0.4) is 0 Å². The van der Waals surface area contributed by atoms with Gasteiger partial charge in [0.25, 0.3) is 0 Å². The van der Waals surface area contributed by atoms with E-state index in [1.54, 1.807) is 50.6 Å². The van der Waals surface area contributed by atoms with Gasteiger partial charge in [0.1, 0.15) is 17.9 Å². The van der Waals surface area contributed by atoms with E-state index in [-0.39, 0.29) is 18.9 Å². The Morgan fingerprint density at radius 2 is 2.03 bits per heavy atom. The van der Waals surface area contributed by atoms with Crippen molar-refractivity contribution in [1.82, 2.24) is 14.5 Å². The average molecular weight is 441 g/mol. The lowest BCUT2D eigenvalue weighted by Crippen LogP contribution is -2.42. The first-order chi connectivity index (χ1) is 15.4. The van der Waals surface area contributed by atoms with E-state index in [4.69, 9.17) is 9.47 Å². The number of carbonyl (C=O) groups is 2. The minimum absolute atomic E-state index is 0.00754. The summed E-state index contributed by atoms with van der Waals surface area (Å²) in [5.74, 6) is -0.247. The molecule has 0 spiro atoms. The molecule has 4 rings (SSSR count). The van der Waals surface area contributed by atoms with Crippen LogP contribution in [0.4, 0.5) is 16.3 Å². The third kappa shape index (κ3) is 4.07. The Labute approximate surface area is 183 Å². The molecule has 0 bridgehead atoms. The molecule has 3 heterocycles. The fourth-order valence-electron chi connectivity index (χ4n) is 3.64. The first-order valence-corrected chi connectivity index (χ1v) is 9.99. The predicted octanol–water partition coefficient (Wildman–Crippen LogP) is 1.91. The number of hydrogen-bond acceptors (Lipinski definition) is 8. The van der Waals surface area contributed by atoms with Crippen molar-refractivity contribution in [3.8, 4) is 5.75 Å². The van der Waals surface area contributed by atoms with Crippen molar-refractivity contribution in [1.29, 1.82) is 0 Å². The van der Waals surface area contributed by atoms with Gasteiger partial charge in [-0.1, -0.05) is 12.1 Å². The number of amides is 1. The number of ether oxygens (including phenoxy) is 2. The number of carboxylic acids is 1. The maximum atomic E-state index is 13.3. The number of rotatable bonds is 5. The van der Waals surface area contributed by atoms with E-state index >= 15 is 0 Å².